The Labute approximate surface area is 110 Å². The maximum atomic E-state index is 12.2. The molecule has 0 bridgehead atoms. The summed E-state index contributed by atoms with van der Waals surface area (Å²) in [6.07, 6.45) is -9.59. The van der Waals surface area contributed by atoms with E-state index in [1.54, 1.807) is 5.32 Å². The lowest BCUT2D eigenvalue weighted by atomic mass is 10.1. The van der Waals surface area contributed by atoms with Crippen molar-refractivity contribution in [2.24, 2.45) is 11.8 Å². The number of hydrogen-bond donors (Lipinski definition) is 1. The first-order chi connectivity index (χ1) is 8.51. The van der Waals surface area contributed by atoms with E-state index in [0.717, 1.165) is 0 Å². The minimum absolute atomic E-state index is 0.136. The van der Waals surface area contributed by atoms with E-state index in [-0.39, 0.29) is 17.8 Å². The molecular formula is C10H12ClF6NO. The monoisotopic (exact) mass is 311 g/mol. The maximum Gasteiger partial charge on any atom is 0.409 e. The van der Waals surface area contributed by atoms with Gasteiger partial charge in [0.1, 0.15) is 0 Å². The van der Waals surface area contributed by atoms with E-state index < -0.39 is 24.2 Å². The van der Waals surface area contributed by atoms with Crippen molar-refractivity contribution in [2.45, 2.75) is 37.0 Å². The van der Waals surface area contributed by atoms with Crippen LogP contribution in [0.1, 0.15) is 19.3 Å². The fraction of sp³-hybridized carbons (Fsp3) is 0.900. The molecule has 0 spiro atoms. The van der Waals surface area contributed by atoms with Crippen LogP contribution in [0.15, 0.2) is 0 Å². The van der Waals surface area contributed by atoms with Crippen LogP contribution in [0, 0.1) is 11.8 Å². The summed E-state index contributed by atoms with van der Waals surface area (Å²) in [6.45, 7) is -0.218. The first kappa shape index (κ1) is 16.4. The highest BCUT2D eigenvalue weighted by Crippen LogP contribution is 2.39. The van der Waals surface area contributed by atoms with Crippen LogP contribution in [0.25, 0.3) is 0 Å². The molecule has 0 aromatic carbocycles. The average Bonchev–Trinajstić information content (AvgIpc) is 2.56. The van der Waals surface area contributed by atoms with Gasteiger partial charge in [-0.05, 0) is 25.2 Å². The van der Waals surface area contributed by atoms with Gasteiger partial charge in [0.2, 0.25) is 11.8 Å². The van der Waals surface area contributed by atoms with Crippen molar-refractivity contribution >= 4 is 17.5 Å². The second kappa shape index (κ2) is 5.76. The number of nitrogens with one attached hydrogen (secondary N) is 1. The van der Waals surface area contributed by atoms with Crippen molar-refractivity contribution in [1.82, 2.24) is 5.32 Å². The van der Waals surface area contributed by atoms with Gasteiger partial charge in [0, 0.05) is 11.9 Å². The summed E-state index contributed by atoms with van der Waals surface area (Å²) in [5.74, 6) is -6.21. The third-order valence-corrected chi connectivity index (χ3v) is 3.36. The van der Waals surface area contributed by atoms with Gasteiger partial charge in [0.25, 0.3) is 0 Å². The highest BCUT2D eigenvalue weighted by molar-refractivity contribution is 6.20. The van der Waals surface area contributed by atoms with Gasteiger partial charge in [-0.15, -0.1) is 11.6 Å². The van der Waals surface area contributed by atoms with Crippen LogP contribution < -0.4 is 5.32 Å². The number of halogens is 7. The van der Waals surface area contributed by atoms with Crippen LogP contribution in [0.4, 0.5) is 26.3 Å². The van der Waals surface area contributed by atoms with Crippen LogP contribution in [0.2, 0.25) is 0 Å². The molecule has 0 saturated heterocycles. The summed E-state index contributed by atoms with van der Waals surface area (Å²) >= 11 is 5.76. The molecule has 1 amide bonds. The highest BCUT2D eigenvalue weighted by Gasteiger charge is 2.61. The Morgan fingerprint density at radius 3 is 2.05 bits per heavy atom. The molecule has 2 unspecified atom stereocenters. The van der Waals surface area contributed by atoms with Gasteiger partial charge in [-0.2, -0.15) is 26.3 Å². The number of amides is 1. The van der Waals surface area contributed by atoms with E-state index in [0.29, 0.717) is 19.3 Å². The van der Waals surface area contributed by atoms with Gasteiger partial charge in [-0.25, -0.2) is 0 Å². The molecule has 0 aliphatic heterocycles. The average molecular weight is 312 g/mol. The molecular weight excluding hydrogens is 300 g/mol. The van der Waals surface area contributed by atoms with Gasteiger partial charge in [-0.3, -0.25) is 4.79 Å². The molecule has 0 aromatic heterocycles. The molecule has 1 saturated carbocycles. The molecule has 1 aliphatic carbocycles. The second-order valence-corrected chi connectivity index (χ2v) is 5.15. The zero-order valence-electron chi connectivity index (χ0n) is 9.61. The quantitative estimate of drug-likeness (QED) is 0.629. The van der Waals surface area contributed by atoms with Crippen molar-refractivity contribution < 1.29 is 31.1 Å². The zero-order valence-corrected chi connectivity index (χ0v) is 10.4. The molecule has 1 aliphatic rings. The number of alkyl halides is 7. The summed E-state index contributed by atoms with van der Waals surface area (Å²) in [5.41, 5.74) is 0. The number of carbonyl (C=O) groups is 1. The smallest absolute Gasteiger partial charge is 0.355 e. The predicted molar refractivity (Wildman–Crippen MR) is 55.6 cm³/mol. The van der Waals surface area contributed by atoms with Crippen molar-refractivity contribution in [2.75, 3.05) is 6.54 Å². The first-order valence-corrected chi connectivity index (χ1v) is 6.00. The SMILES string of the molecule is O=C(NCC1CCC(Cl)C1)C(C(F)(F)F)C(F)(F)F. The molecule has 1 rings (SSSR count). The minimum Gasteiger partial charge on any atom is -0.355 e. The molecule has 112 valence electrons. The van der Waals surface area contributed by atoms with Crippen molar-refractivity contribution in [3.05, 3.63) is 0 Å². The fourth-order valence-electron chi connectivity index (χ4n) is 2.03. The summed E-state index contributed by atoms with van der Waals surface area (Å²) in [5, 5.41) is 1.58. The Hall–Kier alpha value is -0.660. The van der Waals surface area contributed by atoms with Crippen molar-refractivity contribution in [3.8, 4) is 0 Å². The molecule has 0 heterocycles. The van der Waals surface area contributed by atoms with Crippen molar-refractivity contribution in [1.29, 1.82) is 0 Å². The van der Waals surface area contributed by atoms with Crippen LogP contribution in [0.5, 0.6) is 0 Å². The molecule has 9 heteroatoms. The summed E-state index contributed by atoms with van der Waals surface area (Å²) < 4.78 is 73.4. The molecule has 2 atom stereocenters. The van der Waals surface area contributed by atoms with Crippen LogP contribution >= 0.6 is 11.6 Å². The summed E-state index contributed by atoms with van der Waals surface area (Å²) in [6, 6.07) is 0. The minimum atomic E-state index is -5.65. The van der Waals surface area contributed by atoms with Gasteiger partial charge in [-0.1, -0.05) is 0 Å². The van der Waals surface area contributed by atoms with E-state index in [1.807, 2.05) is 0 Å². The number of carbonyl (C=O) groups excluding carboxylic acids is 1. The molecule has 1 fully saturated rings. The Balaban J connectivity index is 2.59. The van der Waals surface area contributed by atoms with Gasteiger partial charge >= 0.3 is 12.4 Å². The van der Waals surface area contributed by atoms with E-state index in [1.165, 1.54) is 0 Å². The first-order valence-electron chi connectivity index (χ1n) is 5.57. The normalized spacial score (nSPS) is 24.8. The fourth-order valence-corrected chi connectivity index (χ4v) is 2.41. The summed E-state index contributed by atoms with van der Waals surface area (Å²) in [7, 11) is 0. The Kier molecular flexibility index (Phi) is 4.97. The lowest BCUT2D eigenvalue weighted by Gasteiger charge is -2.22. The van der Waals surface area contributed by atoms with E-state index in [2.05, 4.69) is 0 Å². The van der Waals surface area contributed by atoms with E-state index >= 15 is 0 Å². The zero-order chi connectivity index (χ0) is 14.8. The molecule has 0 aromatic rings. The maximum absolute atomic E-state index is 12.2. The van der Waals surface area contributed by atoms with E-state index in [9.17, 15) is 31.1 Å². The predicted octanol–water partition coefficient (Wildman–Crippen LogP) is 3.25. The molecule has 1 N–H and O–H groups in total. The van der Waals surface area contributed by atoms with Gasteiger partial charge in [0.05, 0.1) is 0 Å². The number of hydrogen-bond acceptors (Lipinski definition) is 1. The van der Waals surface area contributed by atoms with Crippen molar-refractivity contribution in [3.63, 3.8) is 0 Å². The Bertz CT molecular complexity index is 315. The Morgan fingerprint density at radius 1 is 1.16 bits per heavy atom. The van der Waals surface area contributed by atoms with Gasteiger partial charge < -0.3 is 5.32 Å². The van der Waals surface area contributed by atoms with Crippen LogP contribution in [0.3, 0.4) is 0 Å². The second-order valence-electron chi connectivity index (χ2n) is 4.54. The topological polar surface area (TPSA) is 29.1 Å². The number of rotatable bonds is 3. The standard InChI is InChI=1S/C10H12ClF6NO/c11-6-2-1-5(3-6)4-18-8(19)7(9(12,13)14)10(15,16)17/h5-7H,1-4H2,(H,18,19). The molecule has 0 radical (unpaired) electrons. The third kappa shape index (κ3) is 4.74. The third-order valence-electron chi connectivity index (χ3n) is 2.96. The van der Waals surface area contributed by atoms with Crippen LogP contribution in [-0.4, -0.2) is 30.2 Å². The highest BCUT2D eigenvalue weighted by atomic mass is 35.5. The lowest BCUT2D eigenvalue weighted by Crippen LogP contribution is -2.48. The molecule has 19 heavy (non-hydrogen) atoms. The van der Waals surface area contributed by atoms with Crippen LogP contribution in [-0.2, 0) is 4.79 Å². The summed E-state index contributed by atoms with van der Waals surface area (Å²) in [4.78, 5) is 11.1. The Morgan fingerprint density at radius 2 is 1.68 bits per heavy atom. The largest absolute Gasteiger partial charge is 0.409 e. The lowest BCUT2D eigenvalue weighted by molar-refractivity contribution is -0.274. The molecule has 2 nitrogen and oxygen atoms in total. The van der Waals surface area contributed by atoms with E-state index in [4.69, 9.17) is 11.6 Å². The van der Waals surface area contributed by atoms with Gasteiger partial charge in [0.15, 0.2) is 0 Å².